The molecule has 0 radical (unpaired) electrons. The van der Waals surface area contributed by atoms with Crippen LogP contribution < -0.4 is 19.8 Å². The number of hydrazone groups is 1. The molecule has 3 rings (SSSR count). The second-order valence-electron chi connectivity index (χ2n) is 8.46. The summed E-state index contributed by atoms with van der Waals surface area (Å²) >= 11 is 0. The number of hydrogen-bond donors (Lipinski definition) is 2. The van der Waals surface area contributed by atoms with E-state index in [9.17, 15) is 18.0 Å². The summed E-state index contributed by atoms with van der Waals surface area (Å²) in [7, 11) is -3.67. The molecule has 37 heavy (non-hydrogen) atoms. The van der Waals surface area contributed by atoms with Gasteiger partial charge in [-0.15, -0.1) is 0 Å². The van der Waals surface area contributed by atoms with Crippen molar-refractivity contribution in [3.8, 4) is 5.75 Å². The number of aryl methyl sites for hydroxylation is 1. The number of hydrogen-bond acceptors (Lipinski definition) is 6. The molecule has 0 aliphatic rings. The molecule has 1 unspecified atom stereocenters. The van der Waals surface area contributed by atoms with Crippen molar-refractivity contribution in [2.24, 2.45) is 5.10 Å². The van der Waals surface area contributed by atoms with Crippen molar-refractivity contribution >= 4 is 33.7 Å². The molecule has 0 bridgehead atoms. The van der Waals surface area contributed by atoms with Crippen molar-refractivity contribution in [2.75, 3.05) is 23.7 Å². The minimum atomic E-state index is -3.67. The van der Waals surface area contributed by atoms with Crippen LogP contribution in [0, 0.1) is 6.92 Å². The average molecular weight is 523 g/mol. The molecular formula is C27H30N4O5S. The van der Waals surface area contributed by atoms with Gasteiger partial charge in [0.2, 0.25) is 10.0 Å². The van der Waals surface area contributed by atoms with E-state index in [4.69, 9.17) is 4.74 Å². The Hall–Kier alpha value is -4.18. The summed E-state index contributed by atoms with van der Waals surface area (Å²) in [5.74, 6) is -0.317. The molecule has 0 fully saturated rings. The first kappa shape index (κ1) is 27.4. The normalized spacial score (nSPS) is 12.1. The van der Waals surface area contributed by atoms with Crippen molar-refractivity contribution in [1.82, 2.24) is 10.7 Å². The second-order valence-corrected chi connectivity index (χ2v) is 10.4. The van der Waals surface area contributed by atoms with Crippen LogP contribution in [-0.4, -0.2) is 45.9 Å². The number of nitrogens with one attached hydrogen (secondary N) is 2. The molecule has 0 aromatic heterocycles. The van der Waals surface area contributed by atoms with E-state index in [2.05, 4.69) is 15.8 Å². The number of amides is 2. The molecule has 3 aromatic rings. The van der Waals surface area contributed by atoms with Crippen LogP contribution in [0.15, 0.2) is 84.0 Å². The maximum atomic E-state index is 12.3. The number of anilines is 1. The topological polar surface area (TPSA) is 117 Å². The number of sulfonamides is 1. The third-order valence-electron chi connectivity index (χ3n) is 5.31. The lowest BCUT2D eigenvalue weighted by atomic mass is 10.1. The molecule has 2 amide bonds. The van der Waals surface area contributed by atoms with E-state index in [1.807, 2.05) is 50.2 Å². The van der Waals surface area contributed by atoms with E-state index in [1.54, 1.807) is 42.5 Å². The fourth-order valence-electron chi connectivity index (χ4n) is 3.43. The summed E-state index contributed by atoms with van der Waals surface area (Å²) in [6, 6.07) is 23.2. The number of nitrogens with zero attached hydrogens (tertiary/aromatic N) is 2. The number of rotatable bonds is 11. The highest BCUT2D eigenvalue weighted by molar-refractivity contribution is 7.92. The van der Waals surface area contributed by atoms with E-state index in [1.165, 1.54) is 6.21 Å². The van der Waals surface area contributed by atoms with Crippen LogP contribution in [0.4, 0.5) is 5.69 Å². The number of ether oxygens (including phenoxy) is 1. The van der Waals surface area contributed by atoms with E-state index in [0.29, 0.717) is 17.0 Å². The fourth-order valence-corrected chi connectivity index (χ4v) is 4.28. The minimum Gasteiger partial charge on any atom is -0.484 e. The molecule has 0 saturated carbocycles. The van der Waals surface area contributed by atoms with Gasteiger partial charge in [-0.25, -0.2) is 13.8 Å². The van der Waals surface area contributed by atoms with Crippen LogP contribution >= 0.6 is 0 Å². The van der Waals surface area contributed by atoms with Gasteiger partial charge in [0.15, 0.2) is 6.61 Å². The van der Waals surface area contributed by atoms with Gasteiger partial charge in [-0.1, -0.05) is 42.5 Å². The lowest BCUT2D eigenvalue weighted by Crippen LogP contribution is -2.39. The maximum Gasteiger partial charge on any atom is 0.260 e. The smallest absolute Gasteiger partial charge is 0.260 e. The van der Waals surface area contributed by atoms with Crippen LogP contribution in [0.5, 0.6) is 5.75 Å². The Morgan fingerprint density at radius 2 is 1.70 bits per heavy atom. The van der Waals surface area contributed by atoms with Gasteiger partial charge in [-0.2, -0.15) is 5.10 Å². The molecule has 3 aromatic carbocycles. The molecule has 0 aliphatic carbocycles. The van der Waals surface area contributed by atoms with Crippen molar-refractivity contribution in [2.45, 2.75) is 19.9 Å². The third-order valence-corrected chi connectivity index (χ3v) is 6.45. The summed E-state index contributed by atoms with van der Waals surface area (Å²) in [5, 5.41) is 6.79. The van der Waals surface area contributed by atoms with Gasteiger partial charge >= 0.3 is 0 Å². The predicted octanol–water partition coefficient (Wildman–Crippen LogP) is 3.17. The first-order chi connectivity index (χ1) is 17.6. The first-order valence-electron chi connectivity index (χ1n) is 11.6. The van der Waals surface area contributed by atoms with Crippen LogP contribution in [0.25, 0.3) is 0 Å². The number of benzene rings is 3. The molecule has 9 nitrogen and oxygen atoms in total. The quantitative estimate of drug-likeness (QED) is 0.296. The van der Waals surface area contributed by atoms with Crippen LogP contribution in [-0.2, 0) is 19.6 Å². The highest BCUT2D eigenvalue weighted by Gasteiger charge is 2.20. The summed E-state index contributed by atoms with van der Waals surface area (Å²) in [6.07, 6.45) is 2.47. The summed E-state index contributed by atoms with van der Waals surface area (Å²) in [4.78, 5) is 24.5. The lowest BCUT2D eigenvalue weighted by molar-refractivity contribution is -0.123. The van der Waals surface area contributed by atoms with Crippen LogP contribution in [0.3, 0.4) is 0 Å². The molecule has 2 N–H and O–H groups in total. The van der Waals surface area contributed by atoms with Gasteiger partial charge in [0.05, 0.1) is 24.2 Å². The van der Waals surface area contributed by atoms with Crippen molar-refractivity contribution in [1.29, 1.82) is 0 Å². The zero-order valence-corrected chi connectivity index (χ0v) is 21.7. The van der Waals surface area contributed by atoms with Gasteiger partial charge in [0.1, 0.15) is 12.3 Å². The second kappa shape index (κ2) is 12.7. The largest absolute Gasteiger partial charge is 0.484 e. The number of carbonyl (C=O) groups excluding carboxylic acids is 2. The Labute approximate surface area is 217 Å². The van der Waals surface area contributed by atoms with E-state index >= 15 is 0 Å². The van der Waals surface area contributed by atoms with E-state index in [-0.39, 0.29) is 18.6 Å². The fraction of sp³-hybridized carbons (Fsp3) is 0.222. The molecule has 0 spiro atoms. The molecular weight excluding hydrogens is 492 g/mol. The molecule has 194 valence electrons. The van der Waals surface area contributed by atoms with E-state index < -0.39 is 22.5 Å². The molecule has 0 saturated heterocycles. The molecule has 1 atom stereocenters. The minimum absolute atomic E-state index is 0.127. The molecule has 0 heterocycles. The van der Waals surface area contributed by atoms with Crippen LogP contribution in [0.2, 0.25) is 0 Å². The Bertz CT molecular complexity index is 1340. The standard InChI is InChI=1S/C27H30N4O5S/c1-20-8-7-11-24(16-20)31(37(3,34)35)18-26(32)30-28-17-22-12-14-25(15-13-22)36-19-27(33)29-21(2)23-9-5-4-6-10-23/h4-17,21H,18-19H2,1-3H3,(H,29,33)(H,30,32)/b28-17+. The summed E-state index contributed by atoms with van der Waals surface area (Å²) in [6.45, 7) is 3.21. The molecule has 10 heteroatoms. The Kier molecular flexibility index (Phi) is 9.39. The third kappa shape index (κ3) is 8.76. The first-order valence-corrected chi connectivity index (χ1v) is 13.4. The van der Waals surface area contributed by atoms with Crippen LogP contribution in [0.1, 0.15) is 29.7 Å². The zero-order valence-electron chi connectivity index (χ0n) is 20.9. The zero-order chi connectivity index (χ0) is 26.8. The predicted molar refractivity (Wildman–Crippen MR) is 144 cm³/mol. The van der Waals surface area contributed by atoms with E-state index in [0.717, 1.165) is 21.7 Å². The number of carbonyl (C=O) groups is 2. The van der Waals surface area contributed by atoms with Crippen molar-refractivity contribution < 1.29 is 22.7 Å². The van der Waals surface area contributed by atoms with Gasteiger partial charge in [0, 0.05) is 0 Å². The Morgan fingerprint density at radius 1 is 1.00 bits per heavy atom. The highest BCUT2D eigenvalue weighted by atomic mass is 32.2. The SMILES string of the molecule is Cc1cccc(N(CC(=O)N/N=C/c2ccc(OCC(=O)NC(C)c3ccccc3)cc2)S(C)(=O)=O)c1. The van der Waals surface area contributed by atoms with Crippen molar-refractivity contribution in [3.05, 3.63) is 95.6 Å². The maximum absolute atomic E-state index is 12.3. The van der Waals surface area contributed by atoms with Gasteiger partial charge in [0.25, 0.3) is 11.8 Å². The average Bonchev–Trinajstić information content (AvgIpc) is 2.86. The Balaban J connectivity index is 1.48. The summed E-state index contributed by atoms with van der Waals surface area (Å²) in [5.41, 5.74) is 5.30. The molecule has 0 aliphatic heterocycles. The van der Waals surface area contributed by atoms with Gasteiger partial charge in [-0.3, -0.25) is 13.9 Å². The monoisotopic (exact) mass is 522 g/mol. The highest BCUT2D eigenvalue weighted by Crippen LogP contribution is 2.18. The van der Waals surface area contributed by atoms with Gasteiger partial charge < -0.3 is 10.1 Å². The lowest BCUT2D eigenvalue weighted by Gasteiger charge is -2.21. The van der Waals surface area contributed by atoms with Gasteiger partial charge in [-0.05, 0) is 66.9 Å². The Morgan fingerprint density at radius 3 is 2.35 bits per heavy atom. The summed E-state index contributed by atoms with van der Waals surface area (Å²) < 4.78 is 30.9. The van der Waals surface area contributed by atoms with Crippen molar-refractivity contribution in [3.63, 3.8) is 0 Å².